The highest BCUT2D eigenvalue weighted by atomic mass is 16.5. The minimum Gasteiger partial charge on any atom is -0.468 e. The summed E-state index contributed by atoms with van der Waals surface area (Å²) in [6.07, 6.45) is 6.78. The van der Waals surface area contributed by atoms with Crippen LogP contribution in [0.3, 0.4) is 0 Å². The van der Waals surface area contributed by atoms with Crippen molar-refractivity contribution in [3.8, 4) is 0 Å². The lowest BCUT2D eigenvalue weighted by Crippen LogP contribution is -2.52. The van der Waals surface area contributed by atoms with Gasteiger partial charge in [0, 0.05) is 6.54 Å². The van der Waals surface area contributed by atoms with Crippen molar-refractivity contribution < 1.29 is 9.53 Å². The van der Waals surface area contributed by atoms with Crippen molar-refractivity contribution in [3.05, 3.63) is 12.7 Å². The lowest BCUT2D eigenvalue weighted by atomic mass is 9.83. The van der Waals surface area contributed by atoms with E-state index < -0.39 is 5.54 Å². The normalized spacial score (nSPS) is 28.2. The Bertz CT molecular complexity index is 286. The zero-order chi connectivity index (χ0) is 12.9. The summed E-state index contributed by atoms with van der Waals surface area (Å²) < 4.78 is 4.98. The molecule has 0 bridgehead atoms. The van der Waals surface area contributed by atoms with Gasteiger partial charge in [0.25, 0.3) is 0 Å². The molecule has 3 nitrogen and oxygen atoms in total. The summed E-state index contributed by atoms with van der Waals surface area (Å²) >= 11 is 0. The highest BCUT2D eigenvalue weighted by molar-refractivity contribution is 5.80. The standard InChI is InChI=1S/C14H25NO2/c1-5-11-15-14(12(16)17-4)8-6-7-13(2,3)9-10-14/h5,15H,1,6-11H2,2-4H3. The van der Waals surface area contributed by atoms with Gasteiger partial charge in [-0.2, -0.15) is 0 Å². The molecule has 0 amide bonds. The van der Waals surface area contributed by atoms with Gasteiger partial charge in [0.2, 0.25) is 0 Å². The summed E-state index contributed by atoms with van der Waals surface area (Å²) in [5.41, 5.74) is -0.178. The molecule has 0 aromatic carbocycles. The van der Waals surface area contributed by atoms with Crippen LogP contribution in [-0.4, -0.2) is 25.2 Å². The monoisotopic (exact) mass is 239 g/mol. The largest absolute Gasteiger partial charge is 0.468 e. The maximum Gasteiger partial charge on any atom is 0.326 e. The Labute approximate surface area is 105 Å². The Morgan fingerprint density at radius 3 is 2.65 bits per heavy atom. The van der Waals surface area contributed by atoms with E-state index in [2.05, 4.69) is 25.7 Å². The van der Waals surface area contributed by atoms with Crippen LogP contribution >= 0.6 is 0 Å². The van der Waals surface area contributed by atoms with E-state index in [-0.39, 0.29) is 5.97 Å². The number of carbonyl (C=O) groups is 1. The summed E-state index contributed by atoms with van der Waals surface area (Å²) in [5.74, 6) is -0.128. The maximum absolute atomic E-state index is 12.0. The highest BCUT2D eigenvalue weighted by Gasteiger charge is 2.41. The maximum atomic E-state index is 12.0. The quantitative estimate of drug-likeness (QED) is 0.465. The molecule has 0 radical (unpaired) electrons. The average molecular weight is 239 g/mol. The fourth-order valence-corrected chi connectivity index (χ4v) is 2.59. The van der Waals surface area contributed by atoms with Crippen LogP contribution in [0.5, 0.6) is 0 Å². The lowest BCUT2D eigenvalue weighted by molar-refractivity contribution is -0.149. The zero-order valence-corrected chi connectivity index (χ0v) is 11.3. The molecule has 1 fully saturated rings. The Balaban J connectivity index is 2.82. The van der Waals surface area contributed by atoms with Gasteiger partial charge in [0.05, 0.1) is 7.11 Å². The third-order valence-electron chi connectivity index (χ3n) is 3.85. The van der Waals surface area contributed by atoms with Gasteiger partial charge in [-0.1, -0.05) is 26.3 Å². The molecule has 1 aliphatic carbocycles. The van der Waals surface area contributed by atoms with Crippen molar-refractivity contribution >= 4 is 5.97 Å². The fourth-order valence-electron chi connectivity index (χ4n) is 2.59. The minimum absolute atomic E-state index is 0.128. The molecule has 1 saturated carbocycles. The van der Waals surface area contributed by atoms with Crippen LogP contribution in [0, 0.1) is 5.41 Å². The summed E-state index contributed by atoms with van der Waals surface area (Å²) in [6.45, 7) is 8.89. The number of hydrogen-bond donors (Lipinski definition) is 1. The molecule has 0 heterocycles. The smallest absolute Gasteiger partial charge is 0.326 e. The van der Waals surface area contributed by atoms with Crippen molar-refractivity contribution in [2.24, 2.45) is 5.41 Å². The molecular weight excluding hydrogens is 214 g/mol. The predicted octanol–water partition coefficient (Wildman–Crippen LogP) is 2.66. The molecule has 0 aliphatic heterocycles. The second-order valence-corrected chi connectivity index (χ2v) is 5.76. The second-order valence-electron chi connectivity index (χ2n) is 5.76. The number of rotatable bonds is 4. The Hall–Kier alpha value is -0.830. The van der Waals surface area contributed by atoms with Crippen LogP contribution in [0.1, 0.15) is 46.0 Å². The van der Waals surface area contributed by atoms with Gasteiger partial charge >= 0.3 is 5.97 Å². The molecule has 1 aliphatic rings. The van der Waals surface area contributed by atoms with E-state index in [1.807, 2.05) is 0 Å². The number of methoxy groups -OCH3 is 1. The third-order valence-corrected chi connectivity index (χ3v) is 3.85. The molecule has 0 aromatic heterocycles. The van der Waals surface area contributed by atoms with E-state index in [4.69, 9.17) is 4.74 Å². The number of hydrogen-bond acceptors (Lipinski definition) is 3. The minimum atomic E-state index is -0.503. The molecule has 1 unspecified atom stereocenters. The van der Waals surface area contributed by atoms with Crippen LogP contribution < -0.4 is 5.32 Å². The first kappa shape index (κ1) is 14.2. The first-order valence-corrected chi connectivity index (χ1v) is 6.40. The molecule has 1 N–H and O–H groups in total. The fraction of sp³-hybridized carbons (Fsp3) is 0.786. The molecule has 0 spiro atoms. The second kappa shape index (κ2) is 5.67. The summed E-state index contributed by atoms with van der Waals surface area (Å²) in [6, 6.07) is 0. The first-order valence-electron chi connectivity index (χ1n) is 6.40. The van der Waals surface area contributed by atoms with Gasteiger partial charge in [0.15, 0.2) is 0 Å². The number of esters is 1. The van der Waals surface area contributed by atoms with Crippen molar-refractivity contribution in [1.82, 2.24) is 5.32 Å². The van der Waals surface area contributed by atoms with E-state index in [0.29, 0.717) is 12.0 Å². The van der Waals surface area contributed by atoms with Gasteiger partial charge in [-0.05, 0) is 31.1 Å². The third kappa shape index (κ3) is 3.56. The Kier molecular flexibility index (Phi) is 4.75. The van der Waals surface area contributed by atoms with E-state index in [1.54, 1.807) is 6.08 Å². The lowest BCUT2D eigenvalue weighted by Gasteiger charge is -2.31. The van der Waals surface area contributed by atoms with E-state index in [0.717, 1.165) is 25.7 Å². The Morgan fingerprint density at radius 2 is 2.06 bits per heavy atom. The van der Waals surface area contributed by atoms with Crippen LogP contribution in [0.15, 0.2) is 12.7 Å². The number of carbonyl (C=O) groups excluding carboxylic acids is 1. The highest BCUT2D eigenvalue weighted by Crippen LogP contribution is 2.38. The summed E-state index contributed by atoms with van der Waals surface area (Å²) in [4.78, 5) is 12.0. The average Bonchev–Trinajstić information content (AvgIpc) is 2.45. The van der Waals surface area contributed by atoms with E-state index in [1.165, 1.54) is 13.5 Å². The summed E-state index contributed by atoms with van der Waals surface area (Å²) in [5, 5.41) is 3.32. The van der Waals surface area contributed by atoms with Gasteiger partial charge in [-0.15, -0.1) is 6.58 Å². The molecule has 0 aromatic rings. The van der Waals surface area contributed by atoms with Crippen LogP contribution in [0.4, 0.5) is 0 Å². The summed E-state index contributed by atoms with van der Waals surface area (Å²) in [7, 11) is 1.47. The van der Waals surface area contributed by atoms with Gasteiger partial charge in [-0.25, -0.2) is 0 Å². The van der Waals surface area contributed by atoms with Gasteiger partial charge in [-0.3, -0.25) is 10.1 Å². The molecule has 0 saturated heterocycles. The molecule has 3 heteroatoms. The molecule has 17 heavy (non-hydrogen) atoms. The van der Waals surface area contributed by atoms with Crippen molar-refractivity contribution in [2.75, 3.05) is 13.7 Å². The number of nitrogens with one attached hydrogen (secondary N) is 1. The van der Waals surface area contributed by atoms with Gasteiger partial charge in [0.1, 0.15) is 5.54 Å². The van der Waals surface area contributed by atoms with Crippen molar-refractivity contribution in [3.63, 3.8) is 0 Å². The molecule has 1 atom stereocenters. The SMILES string of the molecule is C=CCNC1(C(=O)OC)CCCC(C)(C)CC1. The molecule has 98 valence electrons. The Morgan fingerprint density at radius 1 is 1.35 bits per heavy atom. The molecule has 1 rings (SSSR count). The number of ether oxygens (including phenoxy) is 1. The van der Waals surface area contributed by atoms with E-state index in [9.17, 15) is 4.79 Å². The topological polar surface area (TPSA) is 38.3 Å². The van der Waals surface area contributed by atoms with Crippen molar-refractivity contribution in [1.29, 1.82) is 0 Å². The zero-order valence-electron chi connectivity index (χ0n) is 11.3. The van der Waals surface area contributed by atoms with Crippen LogP contribution in [-0.2, 0) is 9.53 Å². The van der Waals surface area contributed by atoms with Gasteiger partial charge < -0.3 is 4.74 Å². The van der Waals surface area contributed by atoms with Crippen molar-refractivity contribution in [2.45, 2.75) is 51.5 Å². The van der Waals surface area contributed by atoms with E-state index >= 15 is 0 Å². The first-order chi connectivity index (χ1) is 7.96. The van der Waals surface area contributed by atoms with Crippen LogP contribution in [0.25, 0.3) is 0 Å². The molecular formula is C14H25NO2. The predicted molar refractivity (Wildman–Crippen MR) is 69.8 cm³/mol. The van der Waals surface area contributed by atoms with Crippen LogP contribution in [0.2, 0.25) is 0 Å².